The predicted octanol–water partition coefficient (Wildman–Crippen LogP) is 2.48. The van der Waals surface area contributed by atoms with Crippen LogP contribution in [-0.4, -0.2) is 18.6 Å². The minimum absolute atomic E-state index is 0.169. The number of ether oxygens (including phenoxy) is 1. The quantitative estimate of drug-likeness (QED) is 0.524. The smallest absolute Gasteiger partial charge is 0.323 e. The Morgan fingerprint density at radius 2 is 1.93 bits per heavy atom. The first-order valence-corrected chi connectivity index (χ1v) is 5.88. The Labute approximate surface area is 93.4 Å². The van der Waals surface area contributed by atoms with Gasteiger partial charge in [-0.2, -0.15) is 0 Å². The van der Waals surface area contributed by atoms with Crippen molar-refractivity contribution in [2.75, 3.05) is 6.61 Å². The normalized spacial score (nSPS) is 13.7. The summed E-state index contributed by atoms with van der Waals surface area (Å²) in [7, 11) is 0. The fraction of sp³-hybridized carbons (Fsp3) is 0.917. The van der Waals surface area contributed by atoms with Crippen LogP contribution >= 0.6 is 0 Å². The lowest BCUT2D eigenvalue weighted by Gasteiger charge is -2.29. The molecule has 0 aromatic heterocycles. The van der Waals surface area contributed by atoms with E-state index in [1.54, 1.807) is 0 Å². The average molecular weight is 215 g/mol. The lowest BCUT2D eigenvalue weighted by atomic mass is 9.81. The Hall–Kier alpha value is -0.570. The second-order valence-corrected chi connectivity index (χ2v) is 4.74. The molecule has 0 amide bonds. The first-order valence-electron chi connectivity index (χ1n) is 5.88. The van der Waals surface area contributed by atoms with Crippen LogP contribution in [0, 0.1) is 5.41 Å². The fourth-order valence-corrected chi connectivity index (χ4v) is 1.53. The SMILES string of the molecule is CCCCOC(=O)C(N)C(C)(C)CCC. The van der Waals surface area contributed by atoms with Crippen LogP contribution in [0.1, 0.15) is 53.4 Å². The van der Waals surface area contributed by atoms with Gasteiger partial charge in [0, 0.05) is 0 Å². The van der Waals surface area contributed by atoms with Gasteiger partial charge in [0.05, 0.1) is 6.61 Å². The summed E-state index contributed by atoms with van der Waals surface area (Å²) in [6.07, 6.45) is 3.91. The molecule has 0 aliphatic rings. The van der Waals surface area contributed by atoms with Gasteiger partial charge in [-0.1, -0.05) is 40.5 Å². The van der Waals surface area contributed by atoms with E-state index in [1.807, 2.05) is 13.8 Å². The maximum absolute atomic E-state index is 11.6. The van der Waals surface area contributed by atoms with E-state index in [-0.39, 0.29) is 11.4 Å². The third-order valence-electron chi connectivity index (χ3n) is 2.73. The van der Waals surface area contributed by atoms with Gasteiger partial charge in [-0.3, -0.25) is 4.79 Å². The average Bonchev–Trinajstić information content (AvgIpc) is 2.16. The monoisotopic (exact) mass is 215 g/mol. The number of hydrogen-bond donors (Lipinski definition) is 1. The van der Waals surface area contributed by atoms with Crippen molar-refractivity contribution in [2.24, 2.45) is 11.1 Å². The summed E-state index contributed by atoms with van der Waals surface area (Å²) in [6.45, 7) is 8.68. The topological polar surface area (TPSA) is 52.3 Å². The summed E-state index contributed by atoms with van der Waals surface area (Å²) in [5.41, 5.74) is 5.72. The largest absolute Gasteiger partial charge is 0.465 e. The van der Waals surface area contributed by atoms with E-state index in [1.165, 1.54) is 0 Å². The van der Waals surface area contributed by atoms with Crippen molar-refractivity contribution < 1.29 is 9.53 Å². The number of carbonyl (C=O) groups excluding carboxylic acids is 1. The van der Waals surface area contributed by atoms with E-state index in [2.05, 4.69) is 13.8 Å². The van der Waals surface area contributed by atoms with Gasteiger partial charge in [-0.05, 0) is 18.3 Å². The first kappa shape index (κ1) is 14.4. The molecule has 0 saturated carbocycles. The summed E-state index contributed by atoms with van der Waals surface area (Å²) in [5, 5.41) is 0. The van der Waals surface area contributed by atoms with Crippen LogP contribution in [0.25, 0.3) is 0 Å². The molecule has 0 bridgehead atoms. The van der Waals surface area contributed by atoms with E-state index in [9.17, 15) is 4.79 Å². The van der Waals surface area contributed by atoms with Crippen LogP contribution < -0.4 is 5.73 Å². The van der Waals surface area contributed by atoms with Gasteiger partial charge in [0.15, 0.2) is 0 Å². The molecular formula is C12H25NO2. The molecule has 0 aromatic carbocycles. The highest BCUT2D eigenvalue weighted by atomic mass is 16.5. The van der Waals surface area contributed by atoms with Gasteiger partial charge in [0.1, 0.15) is 6.04 Å². The van der Waals surface area contributed by atoms with E-state index in [0.717, 1.165) is 25.7 Å². The summed E-state index contributed by atoms with van der Waals surface area (Å²) in [6, 6.07) is -0.505. The van der Waals surface area contributed by atoms with Gasteiger partial charge in [0.25, 0.3) is 0 Å². The lowest BCUT2D eigenvalue weighted by Crippen LogP contribution is -2.45. The third kappa shape index (κ3) is 5.17. The highest BCUT2D eigenvalue weighted by Crippen LogP contribution is 2.26. The van der Waals surface area contributed by atoms with Crippen LogP contribution in [-0.2, 0) is 9.53 Å². The van der Waals surface area contributed by atoms with Crippen molar-refractivity contribution in [3.63, 3.8) is 0 Å². The minimum atomic E-state index is -0.505. The van der Waals surface area contributed by atoms with Crippen molar-refractivity contribution in [3.8, 4) is 0 Å². The number of carbonyl (C=O) groups is 1. The maximum atomic E-state index is 11.6. The van der Waals surface area contributed by atoms with Crippen LogP contribution in [0.3, 0.4) is 0 Å². The Balaban J connectivity index is 4.06. The Kier molecular flexibility index (Phi) is 6.57. The molecule has 2 N–H and O–H groups in total. The highest BCUT2D eigenvalue weighted by Gasteiger charge is 2.32. The van der Waals surface area contributed by atoms with Gasteiger partial charge in [-0.25, -0.2) is 0 Å². The molecule has 0 aromatic rings. The summed E-state index contributed by atoms with van der Waals surface area (Å²) in [5.74, 6) is -0.262. The van der Waals surface area contributed by atoms with Crippen LogP contribution in [0.5, 0.6) is 0 Å². The van der Waals surface area contributed by atoms with Crippen molar-refractivity contribution in [1.29, 1.82) is 0 Å². The zero-order valence-corrected chi connectivity index (χ0v) is 10.5. The highest BCUT2D eigenvalue weighted by molar-refractivity contribution is 5.76. The molecular weight excluding hydrogens is 190 g/mol. The molecule has 0 spiro atoms. The van der Waals surface area contributed by atoms with Gasteiger partial charge < -0.3 is 10.5 Å². The molecule has 0 aliphatic carbocycles. The standard InChI is InChI=1S/C12H25NO2/c1-5-7-9-15-11(14)10(13)12(3,4)8-6-2/h10H,5-9,13H2,1-4H3. The Bertz CT molecular complexity index is 190. The van der Waals surface area contributed by atoms with Gasteiger partial charge in [-0.15, -0.1) is 0 Å². The Morgan fingerprint density at radius 1 is 1.33 bits per heavy atom. The van der Waals surface area contributed by atoms with Crippen molar-refractivity contribution in [1.82, 2.24) is 0 Å². The zero-order chi connectivity index (χ0) is 11.9. The number of unbranched alkanes of at least 4 members (excludes halogenated alkanes) is 1. The molecule has 0 aliphatic heterocycles. The van der Waals surface area contributed by atoms with Crippen LogP contribution in [0.15, 0.2) is 0 Å². The molecule has 1 atom stereocenters. The third-order valence-corrected chi connectivity index (χ3v) is 2.73. The van der Waals surface area contributed by atoms with Crippen LogP contribution in [0.4, 0.5) is 0 Å². The summed E-state index contributed by atoms with van der Waals surface area (Å²) in [4.78, 5) is 11.6. The van der Waals surface area contributed by atoms with Crippen molar-refractivity contribution in [2.45, 2.75) is 59.4 Å². The van der Waals surface area contributed by atoms with Gasteiger partial charge >= 0.3 is 5.97 Å². The number of nitrogens with two attached hydrogens (primary N) is 1. The molecule has 1 unspecified atom stereocenters. The molecule has 0 radical (unpaired) electrons. The number of hydrogen-bond acceptors (Lipinski definition) is 3. The van der Waals surface area contributed by atoms with E-state index >= 15 is 0 Å². The second-order valence-electron chi connectivity index (χ2n) is 4.74. The molecule has 0 rings (SSSR count). The summed E-state index contributed by atoms with van der Waals surface area (Å²) < 4.78 is 5.11. The van der Waals surface area contributed by atoms with E-state index in [0.29, 0.717) is 6.61 Å². The predicted molar refractivity (Wildman–Crippen MR) is 62.5 cm³/mol. The first-order chi connectivity index (χ1) is 6.95. The number of rotatable bonds is 7. The molecule has 0 fully saturated rings. The molecule has 3 nitrogen and oxygen atoms in total. The Morgan fingerprint density at radius 3 is 2.40 bits per heavy atom. The fourth-order valence-electron chi connectivity index (χ4n) is 1.53. The molecule has 0 heterocycles. The molecule has 90 valence electrons. The molecule has 15 heavy (non-hydrogen) atoms. The minimum Gasteiger partial charge on any atom is -0.465 e. The molecule has 3 heteroatoms. The van der Waals surface area contributed by atoms with Crippen molar-refractivity contribution >= 4 is 5.97 Å². The summed E-state index contributed by atoms with van der Waals surface area (Å²) >= 11 is 0. The van der Waals surface area contributed by atoms with E-state index < -0.39 is 6.04 Å². The molecule has 0 saturated heterocycles. The maximum Gasteiger partial charge on any atom is 0.323 e. The lowest BCUT2D eigenvalue weighted by molar-refractivity contribution is -0.148. The van der Waals surface area contributed by atoms with Crippen LogP contribution in [0.2, 0.25) is 0 Å². The second kappa shape index (κ2) is 6.83. The van der Waals surface area contributed by atoms with E-state index in [4.69, 9.17) is 10.5 Å². The zero-order valence-electron chi connectivity index (χ0n) is 10.5. The van der Waals surface area contributed by atoms with Crippen molar-refractivity contribution in [3.05, 3.63) is 0 Å². The number of esters is 1. The van der Waals surface area contributed by atoms with Gasteiger partial charge in [0.2, 0.25) is 0 Å².